The smallest absolute Gasteiger partial charge is 0.243 e. The van der Waals surface area contributed by atoms with Crippen LogP contribution in [-0.4, -0.2) is 57.1 Å². The van der Waals surface area contributed by atoms with Gasteiger partial charge in [0.15, 0.2) is 0 Å². The molecule has 23 heavy (non-hydrogen) atoms. The number of nitrogens with one attached hydrogen (secondary N) is 2. The van der Waals surface area contributed by atoms with E-state index in [1.165, 1.54) is 0 Å². The van der Waals surface area contributed by atoms with E-state index < -0.39 is 0 Å². The summed E-state index contributed by atoms with van der Waals surface area (Å²) < 4.78 is 5.58. The Morgan fingerprint density at radius 2 is 1.91 bits per heavy atom. The van der Waals surface area contributed by atoms with Crippen LogP contribution in [-0.2, 0) is 9.59 Å². The van der Waals surface area contributed by atoms with Gasteiger partial charge in [0.25, 0.3) is 0 Å². The van der Waals surface area contributed by atoms with E-state index >= 15 is 0 Å². The van der Waals surface area contributed by atoms with Crippen molar-refractivity contribution in [3.63, 3.8) is 0 Å². The van der Waals surface area contributed by atoms with Crippen LogP contribution in [0, 0.1) is 0 Å². The lowest BCUT2D eigenvalue weighted by Gasteiger charge is -2.12. The van der Waals surface area contributed by atoms with Crippen molar-refractivity contribution < 1.29 is 14.3 Å². The lowest BCUT2D eigenvalue weighted by atomic mass is 10.3. The summed E-state index contributed by atoms with van der Waals surface area (Å²) in [5.74, 6) is -0.00574. The Kier molecular flexibility index (Phi) is 13.4. The third-order valence-electron chi connectivity index (χ3n) is 2.56. The Hall–Kier alpha value is -1.54. The van der Waals surface area contributed by atoms with Crippen LogP contribution in [0.4, 0.5) is 5.69 Å². The molecule has 9 heteroatoms. The number of ether oxygens (including phenoxy) is 1. The van der Waals surface area contributed by atoms with Crippen LogP contribution >= 0.6 is 24.8 Å². The normalized spacial score (nSPS) is 9.39. The van der Waals surface area contributed by atoms with Crippen LogP contribution < -0.4 is 21.1 Å². The molecule has 1 aromatic carbocycles. The molecule has 7 nitrogen and oxygen atoms in total. The number of hydrogen-bond acceptors (Lipinski definition) is 5. The molecule has 4 N–H and O–H groups in total. The molecular weight excluding hydrogens is 343 g/mol. The number of carbonyl (C=O) groups excluding carboxylic acids is 2. The SMILES string of the molecule is CN(C)CCOc1cccc(NC(=O)CNC(=O)CN)c1.Cl.Cl. The Morgan fingerprint density at radius 3 is 2.52 bits per heavy atom. The van der Waals surface area contributed by atoms with Crippen molar-refractivity contribution in [3.05, 3.63) is 24.3 Å². The van der Waals surface area contributed by atoms with Gasteiger partial charge in [-0.05, 0) is 26.2 Å². The quantitative estimate of drug-likeness (QED) is 0.621. The topological polar surface area (TPSA) is 96.7 Å². The van der Waals surface area contributed by atoms with E-state index in [1.54, 1.807) is 18.2 Å². The van der Waals surface area contributed by atoms with Gasteiger partial charge in [-0.25, -0.2) is 0 Å². The van der Waals surface area contributed by atoms with Crippen molar-refractivity contribution in [1.29, 1.82) is 0 Å². The highest BCUT2D eigenvalue weighted by molar-refractivity contribution is 5.94. The third-order valence-corrected chi connectivity index (χ3v) is 2.56. The van der Waals surface area contributed by atoms with Crippen molar-refractivity contribution in [2.45, 2.75) is 0 Å². The van der Waals surface area contributed by atoms with Gasteiger partial charge in [-0.1, -0.05) is 6.07 Å². The van der Waals surface area contributed by atoms with Gasteiger partial charge in [-0.2, -0.15) is 0 Å². The fourth-order valence-corrected chi connectivity index (χ4v) is 1.47. The summed E-state index contributed by atoms with van der Waals surface area (Å²) in [6.07, 6.45) is 0. The van der Waals surface area contributed by atoms with Gasteiger partial charge in [-0.3, -0.25) is 9.59 Å². The fourth-order valence-electron chi connectivity index (χ4n) is 1.47. The zero-order valence-electron chi connectivity index (χ0n) is 13.2. The number of rotatable bonds is 8. The highest BCUT2D eigenvalue weighted by atomic mass is 35.5. The molecule has 0 aliphatic heterocycles. The molecule has 1 aromatic rings. The highest BCUT2D eigenvalue weighted by Gasteiger charge is 2.05. The van der Waals surface area contributed by atoms with Gasteiger partial charge < -0.3 is 26.0 Å². The van der Waals surface area contributed by atoms with Crippen molar-refractivity contribution in [2.75, 3.05) is 45.7 Å². The fraction of sp³-hybridized carbons (Fsp3) is 0.429. The maximum absolute atomic E-state index is 11.6. The summed E-state index contributed by atoms with van der Waals surface area (Å²) in [7, 11) is 3.94. The molecule has 0 saturated heterocycles. The summed E-state index contributed by atoms with van der Waals surface area (Å²) >= 11 is 0. The summed E-state index contributed by atoms with van der Waals surface area (Å²) in [6, 6.07) is 7.10. The minimum absolute atomic E-state index is 0. The van der Waals surface area contributed by atoms with E-state index in [1.807, 2.05) is 25.1 Å². The first-order valence-electron chi connectivity index (χ1n) is 6.65. The van der Waals surface area contributed by atoms with Gasteiger partial charge in [-0.15, -0.1) is 24.8 Å². The zero-order chi connectivity index (χ0) is 15.7. The Labute approximate surface area is 148 Å². The first kappa shape index (κ1) is 23.7. The third kappa shape index (κ3) is 10.8. The molecule has 0 unspecified atom stereocenters. The molecule has 0 atom stereocenters. The van der Waals surface area contributed by atoms with Gasteiger partial charge in [0.2, 0.25) is 11.8 Å². The van der Waals surface area contributed by atoms with Crippen LogP contribution in [0.25, 0.3) is 0 Å². The molecule has 0 aliphatic rings. The number of anilines is 1. The van der Waals surface area contributed by atoms with Crippen LogP contribution in [0.2, 0.25) is 0 Å². The maximum atomic E-state index is 11.6. The number of likely N-dealkylation sites (N-methyl/N-ethyl adjacent to an activating group) is 1. The molecule has 0 heterocycles. The van der Waals surface area contributed by atoms with E-state index in [4.69, 9.17) is 10.5 Å². The number of carbonyl (C=O) groups is 2. The van der Waals surface area contributed by atoms with Crippen LogP contribution in [0.1, 0.15) is 0 Å². The number of benzene rings is 1. The Balaban J connectivity index is 0. The van der Waals surface area contributed by atoms with Crippen molar-refractivity contribution >= 4 is 42.3 Å². The second-order valence-electron chi connectivity index (χ2n) is 4.71. The average Bonchev–Trinajstić information content (AvgIpc) is 2.44. The van der Waals surface area contributed by atoms with Gasteiger partial charge >= 0.3 is 0 Å². The van der Waals surface area contributed by atoms with Gasteiger partial charge in [0, 0.05) is 18.3 Å². The van der Waals surface area contributed by atoms with Crippen molar-refractivity contribution in [3.8, 4) is 5.75 Å². The van der Waals surface area contributed by atoms with Crippen LogP contribution in [0.3, 0.4) is 0 Å². The maximum Gasteiger partial charge on any atom is 0.243 e. The number of hydrogen-bond donors (Lipinski definition) is 3. The molecule has 0 fully saturated rings. The number of nitrogens with two attached hydrogens (primary N) is 1. The number of halogens is 2. The second kappa shape index (κ2) is 13.0. The van der Waals surface area contributed by atoms with Crippen LogP contribution in [0.15, 0.2) is 24.3 Å². The highest BCUT2D eigenvalue weighted by Crippen LogP contribution is 2.17. The minimum atomic E-state index is -0.370. The lowest BCUT2D eigenvalue weighted by Crippen LogP contribution is -2.36. The average molecular weight is 367 g/mol. The Morgan fingerprint density at radius 1 is 1.22 bits per heavy atom. The Bertz CT molecular complexity index is 487. The van der Waals surface area contributed by atoms with E-state index in [0.29, 0.717) is 18.0 Å². The molecule has 0 saturated carbocycles. The minimum Gasteiger partial charge on any atom is -0.492 e. The van der Waals surface area contributed by atoms with E-state index in [2.05, 4.69) is 10.6 Å². The van der Waals surface area contributed by atoms with Gasteiger partial charge in [0.05, 0.1) is 13.1 Å². The molecule has 0 aromatic heterocycles. The van der Waals surface area contributed by atoms with E-state index in [-0.39, 0.29) is 49.7 Å². The predicted molar refractivity (Wildman–Crippen MR) is 95.7 cm³/mol. The summed E-state index contributed by atoms with van der Waals surface area (Å²) in [6.45, 7) is 1.13. The molecule has 0 spiro atoms. The zero-order valence-corrected chi connectivity index (χ0v) is 14.8. The van der Waals surface area contributed by atoms with E-state index in [0.717, 1.165) is 6.54 Å². The summed E-state index contributed by atoms with van der Waals surface area (Å²) in [5, 5.41) is 5.08. The van der Waals surface area contributed by atoms with Gasteiger partial charge in [0.1, 0.15) is 12.4 Å². The standard InChI is InChI=1S/C14H22N4O3.2ClH/c1-18(2)6-7-21-12-5-3-4-11(8-12)17-14(20)10-16-13(19)9-15;;/h3-5,8H,6-7,9-10,15H2,1-2H3,(H,16,19)(H,17,20);2*1H. The molecule has 0 bridgehead atoms. The molecule has 1 rings (SSSR count). The molecule has 0 radical (unpaired) electrons. The molecule has 2 amide bonds. The largest absolute Gasteiger partial charge is 0.492 e. The lowest BCUT2D eigenvalue weighted by molar-refractivity contribution is -0.123. The second-order valence-corrected chi connectivity index (χ2v) is 4.71. The first-order chi connectivity index (χ1) is 10.0. The van der Waals surface area contributed by atoms with Crippen LogP contribution in [0.5, 0.6) is 5.75 Å². The van der Waals surface area contributed by atoms with Crippen molar-refractivity contribution in [1.82, 2.24) is 10.2 Å². The predicted octanol–water partition coefficient (Wildman–Crippen LogP) is 0.484. The molecule has 0 aliphatic carbocycles. The molecular formula is C14H24Cl2N4O3. The number of amides is 2. The van der Waals surface area contributed by atoms with E-state index in [9.17, 15) is 9.59 Å². The number of nitrogens with zero attached hydrogens (tertiary/aromatic N) is 1. The summed E-state index contributed by atoms with van der Waals surface area (Å²) in [4.78, 5) is 24.6. The summed E-state index contributed by atoms with van der Waals surface area (Å²) in [5.41, 5.74) is 5.75. The van der Waals surface area contributed by atoms with Crippen molar-refractivity contribution in [2.24, 2.45) is 5.73 Å². The molecule has 132 valence electrons. The first-order valence-corrected chi connectivity index (χ1v) is 6.65. The monoisotopic (exact) mass is 366 g/mol.